The van der Waals surface area contributed by atoms with E-state index in [2.05, 4.69) is 9.97 Å². The number of carboxylic acid groups (broad SMARTS) is 1. The molecule has 0 bridgehead atoms. The Labute approximate surface area is 111 Å². The van der Waals surface area contributed by atoms with Gasteiger partial charge >= 0.3 is 5.97 Å². The molecule has 1 aliphatic rings. The number of aromatic nitrogens is 2. The van der Waals surface area contributed by atoms with Crippen LogP contribution in [0.1, 0.15) is 31.2 Å². The third-order valence-corrected chi connectivity index (χ3v) is 3.72. The number of anilines is 1. The first-order chi connectivity index (χ1) is 9.00. The van der Waals surface area contributed by atoms with Gasteiger partial charge in [-0.2, -0.15) is 5.26 Å². The van der Waals surface area contributed by atoms with Crippen molar-refractivity contribution in [2.45, 2.75) is 26.7 Å². The van der Waals surface area contributed by atoms with Gasteiger partial charge in [0.2, 0.25) is 5.95 Å². The second-order valence-electron chi connectivity index (χ2n) is 4.92. The fourth-order valence-corrected chi connectivity index (χ4v) is 2.41. The smallest absolute Gasteiger partial charge is 0.311 e. The van der Waals surface area contributed by atoms with Gasteiger partial charge < -0.3 is 10.0 Å². The lowest BCUT2D eigenvalue weighted by molar-refractivity contribution is -0.147. The average molecular weight is 260 g/mol. The van der Waals surface area contributed by atoms with Crippen LogP contribution < -0.4 is 4.90 Å². The Morgan fingerprint density at radius 3 is 2.89 bits per heavy atom. The molecule has 1 aromatic heterocycles. The van der Waals surface area contributed by atoms with Gasteiger partial charge in [0.25, 0.3) is 0 Å². The Balaban J connectivity index is 2.29. The molecule has 1 saturated heterocycles. The van der Waals surface area contributed by atoms with E-state index in [0.29, 0.717) is 43.3 Å². The summed E-state index contributed by atoms with van der Waals surface area (Å²) in [6, 6.07) is 3.61. The average Bonchev–Trinajstić information content (AvgIpc) is 2.83. The Morgan fingerprint density at radius 1 is 1.63 bits per heavy atom. The number of aliphatic carboxylic acids is 1. The summed E-state index contributed by atoms with van der Waals surface area (Å²) < 4.78 is 0. The van der Waals surface area contributed by atoms with Gasteiger partial charge in [0.1, 0.15) is 11.8 Å². The van der Waals surface area contributed by atoms with E-state index >= 15 is 0 Å². The summed E-state index contributed by atoms with van der Waals surface area (Å²) in [5, 5.41) is 18.3. The maximum atomic E-state index is 11.4. The molecule has 100 valence electrons. The lowest BCUT2D eigenvalue weighted by Crippen LogP contribution is -2.34. The van der Waals surface area contributed by atoms with Crippen molar-refractivity contribution >= 4 is 11.9 Å². The number of hydrogen-bond acceptors (Lipinski definition) is 5. The van der Waals surface area contributed by atoms with Gasteiger partial charge in [-0.15, -0.1) is 0 Å². The van der Waals surface area contributed by atoms with Gasteiger partial charge in [-0.1, -0.05) is 6.92 Å². The number of nitriles is 1. The molecule has 6 nitrogen and oxygen atoms in total. The minimum absolute atomic E-state index is 0.312. The van der Waals surface area contributed by atoms with Crippen LogP contribution in [0.15, 0.2) is 6.07 Å². The Morgan fingerprint density at radius 2 is 2.37 bits per heavy atom. The Hall–Kier alpha value is -2.16. The molecule has 0 aromatic carbocycles. The first-order valence-corrected chi connectivity index (χ1v) is 6.25. The summed E-state index contributed by atoms with van der Waals surface area (Å²) in [5.41, 5.74) is 0.303. The zero-order valence-electron chi connectivity index (χ0n) is 11.1. The molecular formula is C13H16N4O2. The predicted molar refractivity (Wildman–Crippen MR) is 68.7 cm³/mol. The normalized spacial score (nSPS) is 22.3. The van der Waals surface area contributed by atoms with Crippen LogP contribution in [0.4, 0.5) is 5.95 Å². The molecule has 1 unspecified atom stereocenters. The van der Waals surface area contributed by atoms with Gasteiger partial charge in [-0.25, -0.2) is 9.97 Å². The maximum absolute atomic E-state index is 11.4. The summed E-state index contributed by atoms with van der Waals surface area (Å²) in [6.07, 6.45) is 1.16. The molecule has 2 heterocycles. The van der Waals surface area contributed by atoms with Crippen molar-refractivity contribution in [3.8, 4) is 6.07 Å². The van der Waals surface area contributed by atoms with E-state index < -0.39 is 11.4 Å². The molecule has 1 aliphatic heterocycles. The Bertz CT molecular complexity index is 552. The predicted octanol–water partition coefficient (Wildman–Crippen LogP) is 1.35. The molecule has 1 aromatic rings. The largest absolute Gasteiger partial charge is 0.481 e. The molecule has 1 fully saturated rings. The van der Waals surface area contributed by atoms with Gasteiger partial charge in [0.05, 0.1) is 5.41 Å². The minimum atomic E-state index is -0.773. The summed E-state index contributed by atoms with van der Waals surface area (Å²) >= 11 is 0. The monoisotopic (exact) mass is 260 g/mol. The lowest BCUT2D eigenvalue weighted by Gasteiger charge is -2.23. The molecule has 0 aliphatic carbocycles. The molecule has 6 heteroatoms. The highest BCUT2D eigenvalue weighted by Gasteiger charge is 2.44. The summed E-state index contributed by atoms with van der Waals surface area (Å²) in [4.78, 5) is 21.7. The second kappa shape index (κ2) is 4.84. The third kappa shape index (κ3) is 2.36. The number of carboxylic acids is 1. The molecule has 1 N–H and O–H groups in total. The SMILES string of the molecule is CCC1(C(=O)O)CCN(c2nc(C)cc(C#N)n2)C1. The van der Waals surface area contributed by atoms with E-state index in [-0.39, 0.29) is 0 Å². The summed E-state index contributed by atoms with van der Waals surface area (Å²) in [5.74, 6) is -0.321. The van der Waals surface area contributed by atoms with Crippen molar-refractivity contribution in [1.82, 2.24) is 9.97 Å². The molecule has 0 radical (unpaired) electrons. The Kier molecular flexibility index (Phi) is 3.38. The van der Waals surface area contributed by atoms with Gasteiger partial charge in [0.15, 0.2) is 0 Å². The highest BCUT2D eigenvalue weighted by Crippen LogP contribution is 2.35. The van der Waals surface area contributed by atoms with Crippen molar-refractivity contribution in [2.24, 2.45) is 5.41 Å². The standard InChI is InChI=1S/C13H16N4O2/c1-3-13(11(18)19)4-5-17(8-13)12-15-9(2)6-10(7-14)16-12/h6H,3-5,8H2,1-2H3,(H,18,19). The quantitative estimate of drug-likeness (QED) is 0.882. The highest BCUT2D eigenvalue weighted by molar-refractivity contribution is 5.76. The van der Waals surface area contributed by atoms with E-state index in [9.17, 15) is 9.90 Å². The molecular weight excluding hydrogens is 244 g/mol. The zero-order chi connectivity index (χ0) is 14.0. The first-order valence-electron chi connectivity index (χ1n) is 6.25. The first kappa shape index (κ1) is 13.3. The van der Waals surface area contributed by atoms with Gasteiger partial charge in [-0.3, -0.25) is 4.79 Å². The fraction of sp³-hybridized carbons (Fsp3) is 0.538. The van der Waals surface area contributed by atoms with Gasteiger partial charge in [0, 0.05) is 18.8 Å². The molecule has 0 spiro atoms. The van der Waals surface area contributed by atoms with Crippen molar-refractivity contribution in [2.75, 3.05) is 18.0 Å². The molecule has 2 rings (SSSR count). The van der Waals surface area contributed by atoms with E-state index in [4.69, 9.17) is 5.26 Å². The number of rotatable bonds is 3. The van der Waals surface area contributed by atoms with E-state index in [0.717, 1.165) is 0 Å². The van der Waals surface area contributed by atoms with Crippen molar-refractivity contribution in [1.29, 1.82) is 5.26 Å². The van der Waals surface area contributed by atoms with E-state index in [1.54, 1.807) is 13.0 Å². The van der Waals surface area contributed by atoms with Crippen LogP contribution in [0.2, 0.25) is 0 Å². The summed E-state index contributed by atoms with van der Waals surface area (Å²) in [7, 11) is 0. The lowest BCUT2D eigenvalue weighted by atomic mass is 9.84. The molecule has 0 amide bonds. The number of hydrogen-bond donors (Lipinski definition) is 1. The van der Waals surface area contributed by atoms with E-state index in [1.165, 1.54) is 0 Å². The topological polar surface area (TPSA) is 90.1 Å². The van der Waals surface area contributed by atoms with Crippen LogP contribution in [0.5, 0.6) is 0 Å². The zero-order valence-corrected chi connectivity index (χ0v) is 11.1. The van der Waals surface area contributed by atoms with E-state index in [1.807, 2.05) is 17.9 Å². The summed E-state index contributed by atoms with van der Waals surface area (Å²) in [6.45, 7) is 4.68. The number of aryl methyl sites for hydroxylation is 1. The van der Waals surface area contributed by atoms with Gasteiger partial charge in [-0.05, 0) is 25.8 Å². The molecule has 1 atom stereocenters. The minimum Gasteiger partial charge on any atom is -0.481 e. The maximum Gasteiger partial charge on any atom is 0.311 e. The fourth-order valence-electron chi connectivity index (χ4n) is 2.41. The van der Waals surface area contributed by atoms with Crippen molar-refractivity contribution in [3.05, 3.63) is 17.5 Å². The van der Waals surface area contributed by atoms with Crippen LogP contribution in [-0.2, 0) is 4.79 Å². The van der Waals surface area contributed by atoms with Crippen molar-refractivity contribution in [3.63, 3.8) is 0 Å². The number of nitrogens with zero attached hydrogens (tertiary/aromatic N) is 4. The second-order valence-corrected chi connectivity index (χ2v) is 4.92. The molecule has 0 saturated carbocycles. The third-order valence-electron chi connectivity index (χ3n) is 3.72. The number of carbonyl (C=O) groups is 1. The highest BCUT2D eigenvalue weighted by atomic mass is 16.4. The van der Waals surface area contributed by atoms with Crippen LogP contribution in [0.25, 0.3) is 0 Å². The van der Waals surface area contributed by atoms with Crippen LogP contribution in [0, 0.1) is 23.7 Å². The van der Waals surface area contributed by atoms with Crippen LogP contribution >= 0.6 is 0 Å². The molecule has 19 heavy (non-hydrogen) atoms. The van der Waals surface area contributed by atoms with Crippen LogP contribution in [-0.4, -0.2) is 34.1 Å². The van der Waals surface area contributed by atoms with Crippen LogP contribution in [0.3, 0.4) is 0 Å². The van der Waals surface area contributed by atoms with Crippen molar-refractivity contribution < 1.29 is 9.90 Å².